The number of nitrogens with two attached hydrogens (primary N) is 1. The maximum absolute atomic E-state index is 9.37. The fraction of sp³-hybridized carbons (Fsp3) is 0.625. The second-order valence-electron chi connectivity index (χ2n) is 3.14. The molecule has 1 aromatic rings. The van der Waals surface area contributed by atoms with Crippen molar-refractivity contribution >= 4 is 17.7 Å². The third-order valence-electron chi connectivity index (χ3n) is 1.88. The first-order chi connectivity index (χ1) is 7.56. The van der Waals surface area contributed by atoms with Crippen LogP contribution in [0.1, 0.15) is 13.8 Å². The summed E-state index contributed by atoms with van der Waals surface area (Å²) in [5.74, 6) is 5.44. The van der Waals surface area contributed by atoms with Crippen molar-refractivity contribution in [3.05, 3.63) is 0 Å². The molecule has 0 bridgehead atoms. The second-order valence-corrected chi connectivity index (χ2v) is 4.48. The topological polar surface area (TPSA) is 106 Å². The summed E-state index contributed by atoms with van der Waals surface area (Å²) < 4.78 is 4.91. The van der Waals surface area contributed by atoms with Gasteiger partial charge in [0.05, 0.1) is 13.2 Å². The van der Waals surface area contributed by atoms with Gasteiger partial charge in [-0.2, -0.15) is 15.0 Å². The minimum absolute atomic E-state index is 0.0299. The number of thioether (sulfide) groups is 1. The molecule has 0 amide bonds. The number of anilines is 1. The number of nitrogen functional groups attached to an aromatic ring is 1. The van der Waals surface area contributed by atoms with Gasteiger partial charge < -0.3 is 9.84 Å². The number of methoxy groups -OCH3 is 1. The van der Waals surface area contributed by atoms with Gasteiger partial charge >= 0.3 is 6.01 Å². The van der Waals surface area contributed by atoms with Crippen LogP contribution in [0.25, 0.3) is 0 Å². The van der Waals surface area contributed by atoms with Gasteiger partial charge in [-0.3, -0.25) is 5.43 Å². The number of hydrazine groups is 1. The van der Waals surface area contributed by atoms with E-state index in [1.165, 1.54) is 18.9 Å². The molecule has 7 nitrogen and oxygen atoms in total. The standard InChI is InChI=1S/C8H15N5O2S/c1-4(14)5(2)16-8-11-6(13-9)10-7(12-8)15-3/h4-5,14H,9H2,1-3H3,(H,10,11,12,13). The average molecular weight is 245 g/mol. The third-order valence-corrected chi connectivity index (χ3v) is 3.04. The molecule has 0 aromatic carbocycles. The van der Waals surface area contributed by atoms with Gasteiger partial charge in [0.2, 0.25) is 5.95 Å². The summed E-state index contributed by atoms with van der Waals surface area (Å²) >= 11 is 1.32. The van der Waals surface area contributed by atoms with Crippen LogP contribution in [0.5, 0.6) is 6.01 Å². The number of aliphatic hydroxyl groups is 1. The molecule has 8 heteroatoms. The van der Waals surface area contributed by atoms with Crippen molar-refractivity contribution in [1.82, 2.24) is 15.0 Å². The van der Waals surface area contributed by atoms with Gasteiger partial charge in [-0.15, -0.1) is 0 Å². The maximum atomic E-state index is 9.37. The zero-order chi connectivity index (χ0) is 12.1. The number of aliphatic hydroxyl groups excluding tert-OH is 1. The molecule has 1 aromatic heterocycles. The summed E-state index contributed by atoms with van der Waals surface area (Å²) in [5, 5.41) is 9.79. The summed E-state index contributed by atoms with van der Waals surface area (Å²) in [6.45, 7) is 3.58. The van der Waals surface area contributed by atoms with Crippen LogP contribution in [0.15, 0.2) is 5.16 Å². The van der Waals surface area contributed by atoms with Crippen LogP contribution in [0.3, 0.4) is 0 Å². The van der Waals surface area contributed by atoms with Gasteiger partial charge in [-0.05, 0) is 6.92 Å². The van der Waals surface area contributed by atoms with Crippen LogP contribution in [0, 0.1) is 0 Å². The molecule has 0 saturated heterocycles. The maximum Gasteiger partial charge on any atom is 0.321 e. The Hall–Kier alpha value is -1.12. The van der Waals surface area contributed by atoms with Gasteiger partial charge in [0, 0.05) is 5.25 Å². The number of nitrogens with zero attached hydrogens (tertiary/aromatic N) is 3. The van der Waals surface area contributed by atoms with E-state index in [1.54, 1.807) is 6.92 Å². The molecule has 0 fully saturated rings. The fourth-order valence-corrected chi connectivity index (χ4v) is 1.61. The van der Waals surface area contributed by atoms with Crippen molar-refractivity contribution in [2.24, 2.45) is 5.84 Å². The highest BCUT2D eigenvalue weighted by molar-refractivity contribution is 7.99. The first-order valence-corrected chi connectivity index (χ1v) is 5.56. The lowest BCUT2D eigenvalue weighted by atomic mass is 10.3. The normalized spacial score (nSPS) is 14.3. The molecule has 1 heterocycles. The summed E-state index contributed by atoms with van der Waals surface area (Å²) in [6, 6.07) is 0.184. The van der Waals surface area contributed by atoms with Gasteiger partial charge in [-0.25, -0.2) is 5.84 Å². The summed E-state index contributed by atoms with van der Waals surface area (Å²) in [7, 11) is 1.46. The molecule has 0 aliphatic rings. The number of rotatable bonds is 5. The van der Waals surface area contributed by atoms with Crippen LogP contribution >= 0.6 is 11.8 Å². The molecule has 0 aliphatic heterocycles. The van der Waals surface area contributed by atoms with Crippen LogP contribution in [-0.4, -0.2) is 38.5 Å². The highest BCUT2D eigenvalue weighted by Crippen LogP contribution is 2.23. The molecule has 0 saturated carbocycles. The zero-order valence-electron chi connectivity index (χ0n) is 9.34. The predicted octanol–water partition coefficient (Wildman–Crippen LogP) is 0.0272. The average Bonchev–Trinajstić information content (AvgIpc) is 2.28. The van der Waals surface area contributed by atoms with Crippen molar-refractivity contribution < 1.29 is 9.84 Å². The molecule has 2 unspecified atom stereocenters. The fourth-order valence-electron chi connectivity index (χ4n) is 0.811. The van der Waals surface area contributed by atoms with Crippen molar-refractivity contribution in [2.45, 2.75) is 30.4 Å². The highest BCUT2D eigenvalue weighted by atomic mass is 32.2. The van der Waals surface area contributed by atoms with Crippen molar-refractivity contribution in [3.63, 3.8) is 0 Å². The number of ether oxygens (including phenoxy) is 1. The van der Waals surface area contributed by atoms with Crippen LogP contribution in [0.4, 0.5) is 5.95 Å². The van der Waals surface area contributed by atoms with Crippen molar-refractivity contribution in [2.75, 3.05) is 12.5 Å². The number of nitrogens with one attached hydrogen (secondary N) is 1. The molecule has 4 N–H and O–H groups in total. The Morgan fingerprint density at radius 1 is 1.38 bits per heavy atom. The summed E-state index contributed by atoms with van der Waals surface area (Å²) in [5.41, 5.74) is 2.33. The van der Waals surface area contributed by atoms with Crippen LogP contribution < -0.4 is 16.0 Å². The monoisotopic (exact) mass is 245 g/mol. The Morgan fingerprint density at radius 2 is 2.06 bits per heavy atom. The molecule has 2 atom stereocenters. The molecule has 1 rings (SSSR count). The molecule has 0 radical (unpaired) electrons. The predicted molar refractivity (Wildman–Crippen MR) is 61.2 cm³/mol. The van der Waals surface area contributed by atoms with E-state index in [9.17, 15) is 5.11 Å². The molecule has 0 spiro atoms. The number of aromatic nitrogens is 3. The lowest BCUT2D eigenvalue weighted by Gasteiger charge is -2.13. The molecule has 90 valence electrons. The zero-order valence-corrected chi connectivity index (χ0v) is 10.2. The van der Waals surface area contributed by atoms with Gasteiger partial charge in [0.1, 0.15) is 0 Å². The van der Waals surface area contributed by atoms with E-state index in [2.05, 4.69) is 20.4 Å². The molecule has 0 aliphatic carbocycles. The Labute approximate surface area is 97.8 Å². The van der Waals surface area contributed by atoms with E-state index in [1.807, 2.05) is 6.92 Å². The summed E-state index contributed by atoms with van der Waals surface area (Å²) in [4.78, 5) is 11.9. The highest BCUT2D eigenvalue weighted by Gasteiger charge is 2.14. The quantitative estimate of drug-likeness (QED) is 0.379. The van der Waals surface area contributed by atoms with Gasteiger partial charge in [0.15, 0.2) is 5.16 Å². The largest absolute Gasteiger partial charge is 0.467 e. The smallest absolute Gasteiger partial charge is 0.321 e. The molecular weight excluding hydrogens is 230 g/mol. The summed E-state index contributed by atoms with van der Waals surface area (Å²) in [6.07, 6.45) is -0.456. The molecular formula is C8H15N5O2S. The lowest BCUT2D eigenvalue weighted by Crippen LogP contribution is -2.17. The SMILES string of the molecule is COc1nc(NN)nc(SC(C)C(C)O)n1. The van der Waals surface area contributed by atoms with Crippen LogP contribution in [-0.2, 0) is 0 Å². The Kier molecular flexibility index (Phi) is 4.71. The van der Waals surface area contributed by atoms with Gasteiger partial charge in [-0.1, -0.05) is 18.7 Å². The molecule has 16 heavy (non-hydrogen) atoms. The first kappa shape index (κ1) is 12.9. The van der Waals surface area contributed by atoms with E-state index < -0.39 is 6.10 Å². The lowest BCUT2D eigenvalue weighted by molar-refractivity contribution is 0.196. The van der Waals surface area contributed by atoms with E-state index >= 15 is 0 Å². The minimum Gasteiger partial charge on any atom is -0.467 e. The Morgan fingerprint density at radius 3 is 2.56 bits per heavy atom. The van der Waals surface area contributed by atoms with E-state index in [0.29, 0.717) is 5.16 Å². The second kappa shape index (κ2) is 5.83. The van der Waals surface area contributed by atoms with E-state index in [4.69, 9.17) is 10.6 Å². The third kappa shape index (κ3) is 3.47. The van der Waals surface area contributed by atoms with E-state index in [0.717, 1.165) is 0 Å². The number of hydrogen-bond acceptors (Lipinski definition) is 8. The first-order valence-electron chi connectivity index (χ1n) is 4.68. The van der Waals surface area contributed by atoms with E-state index in [-0.39, 0.29) is 17.2 Å². The Balaban J connectivity index is 2.86. The Bertz CT molecular complexity index is 327. The minimum atomic E-state index is -0.456. The number of hydrogen-bond donors (Lipinski definition) is 3. The van der Waals surface area contributed by atoms with Crippen molar-refractivity contribution in [1.29, 1.82) is 0 Å². The van der Waals surface area contributed by atoms with Crippen LogP contribution in [0.2, 0.25) is 0 Å². The van der Waals surface area contributed by atoms with Gasteiger partial charge in [0.25, 0.3) is 0 Å². The van der Waals surface area contributed by atoms with Crippen molar-refractivity contribution in [3.8, 4) is 6.01 Å².